The van der Waals surface area contributed by atoms with E-state index in [1.165, 1.54) is 12.7 Å². The van der Waals surface area contributed by atoms with E-state index in [0.717, 1.165) is 38.1 Å². The van der Waals surface area contributed by atoms with Crippen LogP contribution in [0.2, 0.25) is 0 Å². The van der Waals surface area contributed by atoms with Gasteiger partial charge in [0.1, 0.15) is 15.7 Å². The van der Waals surface area contributed by atoms with Crippen molar-refractivity contribution in [2.75, 3.05) is 12.0 Å². The highest BCUT2D eigenvalue weighted by atomic mass is 32.2. The second kappa shape index (κ2) is 6.79. The molecule has 0 fully saturated rings. The smallest absolute Gasteiger partial charge is 0.147 e. The molecule has 0 atom stereocenters. The van der Waals surface area contributed by atoms with Crippen molar-refractivity contribution < 1.29 is 8.42 Å². The summed E-state index contributed by atoms with van der Waals surface area (Å²) in [6.07, 6.45) is 10.0. The quantitative estimate of drug-likeness (QED) is 0.671. The summed E-state index contributed by atoms with van der Waals surface area (Å²) in [5, 5.41) is 0. The Bertz CT molecular complexity index is 423. The Balaban J connectivity index is 2.33. The summed E-state index contributed by atoms with van der Waals surface area (Å²) >= 11 is 0. The zero-order valence-electron chi connectivity index (χ0n) is 10.7. The van der Waals surface area contributed by atoms with Gasteiger partial charge in [-0.1, -0.05) is 13.3 Å². The number of hydrogen-bond donors (Lipinski definition) is 0. The van der Waals surface area contributed by atoms with Gasteiger partial charge in [-0.2, -0.15) is 0 Å². The van der Waals surface area contributed by atoms with Crippen molar-refractivity contribution in [3.63, 3.8) is 0 Å². The molecule has 1 aromatic heterocycles. The summed E-state index contributed by atoms with van der Waals surface area (Å²) in [5.41, 5.74) is 0. The number of imidazole rings is 1. The van der Waals surface area contributed by atoms with Crippen molar-refractivity contribution in [1.29, 1.82) is 0 Å². The fraction of sp³-hybridized carbons (Fsp3) is 0.750. The third-order valence-corrected chi connectivity index (χ3v) is 3.75. The molecule has 0 saturated carbocycles. The molecule has 1 aromatic rings. The molecule has 0 aromatic carbocycles. The monoisotopic (exact) mass is 258 g/mol. The molecule has 0 saturated heterocycles. The fourth-order valence-electron chi connectivity index (χ4n) is 1.75. The van der Waals surface area contributed by atoms with Gasteiger partial charge >= 0.3 is 0 Å². The van der Waals surface area contributed by atoms with Crippen molar-refractivity contribution in [1.82, 2.24) is 9.55 Å². The molecular formula is C12H22N2O2S. The van der Waals surface area contributed by atoms with E-state index < -0.39 is 9.84 Å². The summed E-state index contributed by atoms with van der Waals surface area (Å²) in [6, 6.07) is 0. The molecular weight excluding hydrogens is 236 g/mol. The average molecular weight is 258 g/mol. The van der Waals surface area contributed by atoms with Crippen LogP contribution in [0, 0.1) is 0 Å². The van der Waals surface area contributed by atoms with Gasteiger partial charge in [0.2, 0.25) is 0 Å². The number of unbranched alkanes of at least 4 members (excludes halogenated alkanes) is 2. The number of nitrogens with zero attached hydrogens (tertiary/aromatic N) is 2. The predicted molar refractivity (Wildman–Crippen MR) is 69.8 cm³/mol. The Hall–Kier alpha value is -0.840. The van der Waals surface area contributed by atoms with Gasteiger partial charge < -0.3 is 4.57 Å². The van der Waals surface area contributed by atoms with E-state index in [1.54, 1.807) is 0 Å². The Morgan fingerprint density at radius 2 is 2.06 bits per heavy atom. The van der Waals surface area contributed by atoms with Gasteiger partial charge in [0.25, 0.3) is 0 Å². The molecule has 0 unspecified atom stereocenters. The van der Waals surface area contributed by atoms with Crippen LogP contribution in [0.1, 0.15) is 38.4 Å². The van der Waals surface area contributed by atoms with E-state index in [4.69, 9.17) is 0 Å². The van der Waals surface area contributed by atoms with Gasteiger partial charge in [-0.05, 0) is 19.3 Å². The summed E-state index contributed by atoms with van der Waals surface area (Å²) in [7, 11) is -2.81. The maximum atomic E-state index is 11.0. The van der Waals surface area contributed by atoms with Gasteiger partial charge in [0, 0.05) is 37.4 Å². The zero-order valence-corrected chi connectivity index (χ0v) is 11.5. The molecule has 0 aliphatic rings. The van der Waals surface area contributed by atoms with Gasteiger partial charge in [0.05, 0.1) is 0 Å². The van der Waals surface area contributed by atoms with E-state index in [9.17, 15) is 8.42 Å². The molecule has 0 aliphatic carbocycles. The van der Waals surface area contributed by atoms with Crippen LogP contribution in [0.25, 0.3) is 0 Å². The Labute approximate surface area is 104 Å². The normalized spacial score (nSPS) is 11.9. The van der Waals surface area contributed by atoms with Crippen LogP contribution >= 0.6 is 0 Å². The highest BCUT2D eigenvalue weighted by Crippen LogP contribution is 2.06. The van der Waals surface area contributed by atoms with Crippen LogP contribution in [-0.2, 0) is 22.8 Å². The lowest BCUT2D eigenvalue weighted by Gasteiger charge is -2.07. The minimum Gasteiger partial charge on any atom is -0.335 e. The van der Waals surface area contributed by atoms with Crippen molar-refractivity contribution in [2.24, 2.45) is 0 Å². The Morgan fingerprint density at radius 3 is 2.71 bits per heavy atom. The van der Waals surface area contributed by atoms with Crippen molar-refractivity contribution >= 4 is 9.84 Å². The van der Waals surface area contributed by atoms with Gasteiger partial charge in [0.15, 0.2) is 0 Å². The molecule has 17 heavy (non-hydrogen) atoms. The third kappa shape index (κ3) is 5.86. The first-order chi connectivity index (χ1) is 8.03. The lowest BCUT2D eigenvalue weighted by atomic mass is 10.2. The second-order valence-corrected chi connectivity index (χ2v) is 6.74. The topological polar surface area (TPSA) is 52.0 Å². The summed E-state index contributed by atoms with van der Waals surface area (Å²) < 4.78 is 24.1. The maximum absolute atomic E-state index is 11.0. The highest BCUT2D eigenvalue weighted by molar-refractivity contribution is 7.90. The molecule has 0 N–H and O–H groups in total. The molecule has 4 nitrogen and oxygen atoms in total. The van der Waals surface area contributed by atoms with Crippen LogP contribution in [0.3, 0.4) is 0 Å². The first-order valence-corrected chi connectivity index (χ1v) is 8.26. The highest BCUT2D eigenvalue weighted by Gasteiger charge is 2.04. The number of rotatable bonds is 8. The maximum Gasteiger partial charge on any atom is 0.147 e. The summed E-state index contributed by atoms with van der Waals surface area (Å²) in [4.78, 5) is 4.33. The van der Waals surface area contributed by atoms with E-state index in [1.807, 2.05) is 12.4 Å². The number of sulfone groups is 1. The number of aryl methyl sites for hydroxylation is 2. The molecule has 98 valence electrons. The van der Waals surface area contributed by atoms with Gasteiger partial charge in [-0.3, -0.25) is 0 Å². The van der Waals surface area contributed by atoms with E-state index in [0.29, 0.717) is 0 Å². The SMILES string of the molecule is CCCCc1nccn1CCCCS(C)(=O)=O. The molecule has 1 rings (SSSR count). The van der Waals surface area contributed by atoms with Crippen molar-refractivity contribution in [2.45, 2.75) is 45.6 Å². The van der Waals surface area contributed by atoms with Crippen LogP contribution in [0.5, 0.6) is 0 Å². The molecule has 0 spiro atoms. The molecule has 0 amide bonds. The van der Waals surface area contributed by atoms with E-state index in [2.05, 4.69) is 16.5 Å². The van der Waals surface area contributed by atoms with Crippen molar-refractivity contribution in [3.8, 4) is 0 Å². The van der Waals surface area contributed by atoms with Crippen LogP contribution in [-0.4, -0.2) is 30.0 Å². The molecule has 0 aliphatic heterocycles. The minimum absolute atomic E-state index is 0.284. The lowest BCUT2D eigenvalue weighted by molar-refractivity contribution is 0.575. The molecule has 0 radical (unpaired) electrons. The Kier molecular flexibility index (Phi) is 5.68. The summed E-state index contributed by atoms with van der Waals surface area (Å²) in [5.74, 6) is 1.40. The van der Waals surface area contributed by atoms with Crippen LogP contribution < -0.4 is 0 Å². The van der Waals surface area contributed by atoms with E-state index in [-0.39, 0.29) is 5.75 Å². The zero-order chi connectivity index (χ0) is 12.7. The van der Waals surface area contributed by atoms with Crippen LogP contribution in [0.4, 0.5) is 0 Å². The second-order valence-electron chi connectivity index (χ2n) is 4.48. The lowest BCUT2D eigenvalue weighted by Crippen LogP contribution is -2.07. The van der Waals surface area contributed by atoms with Gasteiger partial charge in [-0.25, -0.2) is 13.4 Å². The van der Waals surface area contributed by atoms with Crippen LogP contribution in [0.15, 0.2) is 12.4 Å². The standard InChI is InChI=1S/C12H22N2O2S/c1-3-4-7-12-13-8-10-14(12)9-5-6-11-17(2,15)16/h8,10H,3-7,9,11H2,1-2H3. The minimum atomic E-state index is -2.81. The fourth-order valence-corrected chi connectivity index (χ4v) is 2.48. The third-order valence-electron chi connectivity index (χ3n) is 2.72. The largest absolute Gasteiger partial charge is 0.335 e. The average Bonchev–Trinajstić information content (AvgIpc) is 2.67. The molecule has 5 heteroatoms. The summed E-state index contributed by atoms with van der Waals surface area (Å²) in [6.45, 7) is 3.04. The number of aromatic nitrogens is 2. The van der Waals surface area contributed by atoms with E-state index >= 15 is 0 Å². The molecule has 1 heterocycles. The van der Waals surface area contributed by atoms with Crippen molar-refractivity contribution in [3.05, 3.63) is 18.2 Å². The predicted octanol–water partition coefficient (Wildman–Crippen LogP) is 2.05. The first kappa shape index (κ1) is 14.2. The first-order valence-electron chi connectivity index (χ1n) is 6.20. The molecule has 0 bridgehead atoms. The number of hydrogen-bond acceptors (Lipinski definition) is 3. The van der Waals surface area contributed by atoms with Gasteiger partial charge in [-0.15, -0.1) is 0 Å². The Morgan fingerprint density at radius 1 is 1.29 bits per heavy atom.